The van der Waals surface area contributed by atoms with Gasteiger partial charge in [-0.3, -0.25) is 4.79 Å². The largest absolute Gasteiger partial charge is 1.00 e. The number of hydrogen-bond donors (Lipinski definition) is 0. The van der Waals surface area contributed by atoms with Crippen molar-refractivity contribution >= 4 is 29.1 Å². The molecule has 0 aliphatic heterocycles. The minimum atomic E-state index is -1.67. The Bertz CT molecular complexity index is 914. The van der Waals surface area contributed by atoms with E-state index in [1.54, 1.807) is 0 Å². The van der Waals surface area contributed by atoms with Gasteiger partial charge in [-0.1, -0.05) is 112 Å². The van der Waals surface area contributed by atoms with Gasteiger partial charge in [0.15, 0.2) is 0 Å². The fraction of sp³-hybridized carbons (Fsp3) is 0.457. The van der Waals surface area contributed by atoms with Crippen LogP contribution in [0.3, 0.4) is 0 Å². The Kier molecular flexibility index (Phi) is 17.4. The van der Waals surface area contributed by atoms with E-state index in [4.69, 9.17) is 4.74 Å². The summed E-state index contributed by atoms with van der Waals surface area (Å²) in [5.41, 5.74) is 0. The SMILES string of the molecule is CCOC(=O)CCCCCCCCCCCCCC[P+](c1ccccc1)(c1ccccc1)c1ccccc1.[I-]. The van der Waals surface area contributed by atoms with Crippen LogP contribution in [0.5, 0.6) is 0 Å². The summed E-state index contributed by atoms with van der Waals surface area (Å²) in [6.45, 7) is 2.36. The summed E-state index contributed by atoms with van der Waals surface area (Å²) in [6, 6.07) is 33.8. The Labute approximate surface area is 255 Å². The Morgan fingerprint density at radius 3 is 1.23 bits per heavy atom. The van der Waals surface area contributed by atoms with Crippen LogP contribution in [0.1, 0.15) is 90.4 Å². The average molecular weight is 659 g/mol. The minimum absolute atomic E-state index is 0. The lowest BCUT2D eigenvalue weighted by Gasteiger charge is -2.27. The molecular weight excluding hydrogens is 610 g/mol. The molecule has 0 saturated carbocycles. The van der Waals surface area contributed by atoms with E-state index in [0.717, 1.165) is 12.8 Å². The lowest BCUT2D eigenvalue weighted by atomic mass is 10.0. The summed E-state index contributed by atoms with van der Waals surface area (Å²) < 4.78 is 4.99. The highest BCUT2D eigenvalue weighted by Gasteiger charge is 2.44. The standard InChI is InChI=1S/C35H48O2P.HI/c1-2-37-35(36)30-22-11-9-7-5-3-4-6-8-10-12-23-31-38(32-24-16-13-17-25-32,33-26-18-14-19-27-33)34-28-20-15-21-29-34;/h13-21,24-29H,2-12,22-23,30-31H2,1H3;1H/q+1;/p-1. The molecule has 0 N–H and O–H groups in total. The summed E-state index contributed by atoms with van der Waals surface area (Å²) in [7, 11) is -1.67. The first-order valence-corrected chi connectivity index (χ1v) is 17.0. The summed E-state index contributed by atoms with van der Waals surface area (Å²) in [6.07, 6.45) is 17.2. The normalized spacial score (nSPS) is 11.1. The van der Waals surface area contributed by atoms with E-state index in [1.165, 1.54) is 86.3 Å². The Balaban J connectivity index is 0.00000533. The monoisotopic (exact) mass is 658 g/mol. The molecule has 0 aromatic heterocycles. The molecule has 0 amide bonds. The number of unbranched alkanes of at least 4 members (excludes halogenated alkanes) is 11. The van der Waals surface area contributed by atoms with Gasteiger partial charge in [0.1, 0.15) is 23.2 Å². The average Bonchev–Trinajstić information content (AvgIpc) is 2.97. The van der Waals surface area contributed by atoms with Crippen LogP contribution >= 0.6 is 7.26 Å². The van der Waals surface area contributed by atoms with E-state index in [1.807, 2.05) is 6.92 Å². The molecule has 3 aromatic carbocycles. The third-order valence-corrected chi connectivity index (χ3v) is 12.0. The van der Waals surface area contributed by atoms with Gasteiger partial charge in [0, 0.05) is 6.42 Å². The zero-order valence-corrected chi connectivity index (χ0v) is 27.0. The van der Waals surface area contributed by atoms with Crippen molar-refractivity contribution in [3.63, 3.8) is 0 Å². The Hall–Kier alpha value is -1.71. The number of halogens is 1. The highest BCUT2D eigenvalue weighted by atomic mass is 127. The molecule has 39 heavy (non-hydrogen) atoms. The molecule has 3 rings (SSSR count). The van der Waals surface area contributed by atoms with Gasteiger partial charge in [0.25, 0.3) is 0 Å². The van der Waals surface area contributed by atoms with Crippen molar-refractivity contribution in [3.05, 3.63) is 91.0 Å². The number of hydrogen-bond acceptors (Lipinski definition) is 2. The topological polar surface area (TPSA) is 26.3 Å². The molecule has 4 heteroatoms. The number of benzene rings is 3. The van der Waals surface area contributed by atoms with E-state index in [2.05, 4.69) is 91.0 Å². The molecule has 3 aromatic rings. The predicted molar refractivity (Wildman–Crippen MR) is 167 cm³/mol. The lowest BCUT2D eigenvalue weighted by molar-refractivity contribution is -0.143. The van der Waals surface area contributed by atoms with Crippen LogP contribution in [0.2, 0.25) is 0 Å². The van der Waals surface area contributed by atoms with E-state index in [-0.39, 0.29) is 29.9 Å². The van der Waals surface area contributed by atoms with Crippen LogP contribution in [0.15, 0.2) is 91.0 Å². The van der Waals surface area contributed by atoms with Crippen LogP contribution in [0.4, 0.5) is 0 Å². The molecule has 0 unspecified atom stereocenters. The van der Waals surface area contributed by atoms with Gasteiger partial charge in [0.2, 0.25) is 0 Å². The number of esters is 1. The van der Waals surface area contributed by atoms with Crippen molar-refractivity contribution in [1.29, 1.82) is 0 Å². The molecule has 0 bridgehead atoms. The van der Waals surface area contributed by atoms with Crippen molar-refractivity contribution in [2.45, 2.75) is 90.4 Å². The van der Waals surface area contributed by atoms with Crippen LogP contribution in [0.25, 0.3) is 0 Å². The van der Waals surface area contributed by atoms with Gasteiger partial charge in [0.05, 0.1) is 12.8 Å². The zero-order chi connectivity index (χ0) is 26.7. The molecule has 0 atom stereocenters. The van der Waals surface area contributed by atoms with Gasteiger partial charge < -0.3 is 28.7 Å². The molecule has 0 fully saturated rings. The van der Waals surface area contributed by atoms with Crippen molar-refractivity contribution in [2.75, 3.05) is 12.8 Å². The van der Waals surface area contributed by atoms with Gasteiger partial charge >= 0.3 is 5.97 Å². The van der Waals surface area contributed by atoms with Crippen molar-refractivity contribution in [3.8, 4) is 0 Å². The molecular formula is C35H48IO2P. The minimum Gasteiger partial charge on any atom is -1.00 e. The van der Waals surface area contributed by atoms with Crippen molar-refractivity contribution < 1.29 is 33.5 Å². The zero-order valence-electron chi connectivity index (χ0n) is 23.9. The first-order valence-electron chi connectivity index (χ1n) is 15.0. The number of carbonyl (C=O) groups excluding carboxylic acids is 1. The van der Waals surface area contributed by atoms with E-state index >= 15 is 0 Å². The highest BCUT2D eigenvalue weighted by molar-refractivity contribution is 7.95. The molecule has 0 spiro atoms. The van der Waals surface area contributed by atoms with E-state index in [0.29, 0.717) is 13.0 Å². The lowest BCUT2D eigenvalue weighted by Crippen LogP contribution is -3.00. The molecule has 0 aliphatic carbocycles. The summed E-state index contributed by atoms with van der Waals surface area (Å²) >= 11 is 0. The van der Waals surface area contributed by atoms with E-state index < -0.39 is 7.26 Å². The smallest absolute Gasteiger partial charge is 0.305 e. The van der Waals surface area contributed by atoms with Crippen molar-refractivity contribution in [2.24, 2.45) is 0 Å². The molecule has 0 heterocycles. The Morgan fingerprint density at radius 2 is 0.872 bits per heavy atom. The fourth-order valence-electron chi connectivity index (χ4n) is 5.50. The maximum atomic E-state index is 11.4. The van der Waals surface area contributed by atoms with Gasteiger partial charge in [-0.15, -0.1) is 0 Å². The summed E-state index contributed by atoms with van der Waals surface area (Å²) in [5, 5.41) is 4.50. The fourth-order valence-corrected chi connectivity index (χ4v) is 9.91. The molecule has 0 aliphatic rings. The third kappa shape index (κ3) is 11.4. The number of carbonyl (C=O) groups is 1. The van der Waals surface area contributed by atoms with Crippen LogP contribution in [0, 0.1) is 0 Å². The number of ether oxygens (including phenoxy) is 1. The summed E-state index contributed by atoms with van der Waals surface area (Å²) in [4.78, 5) is 11.4. The second kappa shape index (κ2) is 20.2. The van der Waals surface area contributed by atoms with Gasteiger partial charge in [-0.05, 0) is 62.6 Å². The highest BCUT2D eigenvalue weighted by Crippen LogP contribution is 2.56. The predicted octanol–water partition coefficient (Wildman–Crippen LogP) is 5.62. The maximum absolute atomic E-state index is 11.4. The molecule has 0 radical (unpaired) electrons. The first-order chi connectivity index (χ1) is 18.8. The summed E-state index contributed by atoms with van der Waals surface area (Å²) in [5.74, 6) is -0.0414. The molecule has 2 nitrogen and oxygen atoms in total. The molecule has 0 saturated heterocycles. The third-order valence-electron chi connectivity index (χ3n) is 7.52. The van der Waals surface area contributed by atoms with Gasteiger partial charge in [-0.25, -0.2) is 0 Å². The molecule has 212 valence electrons. The second-order valence-corrected chi connectivity index (χ2v) is 14.0. The van der Waals surface area contributed by atoms with Crippen LogP contribution in [-0.2, 0) is 9.53 Å². The quantitative estimate of drug-likeness (QED) is 0.0724. The van der Waals surface area contributed by atoms with Gasteiger partial charge in [-0.2, -0.15) is 0 Å². The van der Waals surface area contributed by atoms with Crippen molar-refractivity contribution in [1.82, 2.24) is 0 Å². The first kappa shape index (κ1) is 33.5. The van der Waals surface area contributed by atoms with Crippen LogP contribution in [-0.4, -0.2) is 18.7 Å². The second-order valence-electron chi connectivity index (χ2n) is 10.3. The van der Waals surface area contributed by atoms with Crippen LogP contribution < -0.4 is 39.9 Å². The Morgan fingerprint density at radius 1 is 0.538 bits per heavy atom. The maximum Gasteiger partial charge on any atom is 0.305 e. The van der Waals surface area contributed by atoms with E-state index in [9.17, 15) is 4.79 Å². The number of rotatable bonds is 19.